The number of nitrogens with zero attached hydrogens (tertiary/aromatic N) is 1. The van der Waals surface area contributed by atoms with Crippen LogP contribution in [-0.2, 0) is 19.0 Å². The second-order valence-electron chi connectivity index (χ2n) is 12.0. The Labute approximate surface area is 218 Å². The Kier molecular flexibility index (Phi) is 6.47. The van der Waals surface area contributed by atoms with Crippen LogP contribution in [-0.4, -0.2) is 42.1 Å². The zero-order chi connectivity index (χ0) is 26.6. The van der Waals surface area contributed by atoms with Gasteiger partial charge in [-0.15, -0.1) is 0 Å². The van der Waals surface area contributed by atoms with E-state index in [1.165, 1.54) is 17.7 Å². The van der Waals surface area contributed by atoms with Gasteiger partial charge in [0.2, 0.25) is 0 Å². The number of non-ortho nitro benzene ring substituents is 1. The average Bonchev–Trinajstić information content (AvgIpc) is 3.18. The summed E-state index contributed by atoms with van der Waals surface area (Å²) in [6.45, 7) is 14.0. The molecule has 37 heavy (non-hydrogen) atoms. The topological polar surface area (TPSA) is 97.1 Å². The molecule has 5 rings (SSSR count). The Hall–Kier alpha value is -2.71. The van der Waals surface area contributed by atoms with E-state index >= 15 is 0 Å². The number of ether oxygens (including phenoxy) is 4. The summed E-state index contributed by atoms with van der Waals surface area (Å²) in [5.41, 5.74) is 1.67. The van der Waals surface area contributed by atoms with Crippen LogP contribution >= 0.6 is 0 Å². The van der Waals surface area contributed by atoms with Gasteiger partial charge in [0.1, 0.15) is 12.4 Å². The van der Waals surface area contributed by atoms with E-state index in [0.717, 1.165) is 25.7 Å². The Bertz CT molecular complexity index is 1130. The Balaban J connectivity index is 1.35. The van der Waals surface area contributed by atoms with E-state index in [0.29, 0.717) is 30.3 Å². The zero-order valence-corrected chi connectivity index (χ0v) is 22.2. The fourth-order valence-corrected chi connectivity index (χ4v) is 7.32. The molecule has 0 amide bonds. The summed E-state index contributed by atoms with van der Waals surface area (Å²) in [7, 11) is 0. The maximum Gasteiger partial charge on any atom is 0.337 e. The van der Waals surface area contributed by atoms with Crippen LogP contribution in [0.1, 0.15) is 59.8 Å². The molecule has 1 aromatic carbocycles. The third kappa shape index (κ3) is 4.59. The number of carbonyl (C=O) groups excluding carboxylic acids is 1. The normalized spacial score (nSPS) is 38.0. The van der Waals surface area contributed by atoms with Crippen LogP contribution in [0.3, 0.4) is 0 Å². The Morgan fingerprint density at radius 2 is 1.89 bits per heavy atom. The molecule has 0 radical (unpaired) electrons. The van der Waals surface area contributed by atoms with Crippen molar-refractivity contribution in [1.82, 2.24) is 0 Å². The van der Waals surface area contributed by atoms with Gasteiger partial charge in [-0.1, -0.05) is 32.1 Å². The summed E-state index contributed by atoms with van der Waals surface area (Å²) in [5.74, 6) is 0.176. The number of nitro groups is 1. The molecule has 2 heterocycles. The van der Waals surface area contributed by atoms with Gasteiger partial charge in [-0.2, -0.15) is 0 Å². The number of cyclic esters (lactones) is 1. The standard InChI is InChI=1S/C29H37NO7/c1-18-6-13-24-28(4,15-14-25-29(24,5)17-35-27(2,3)37-25)22(18)12-11-21-23(16-34-26(21)31)36-20-9-7-19(8-10-20)30(32)33/h7-11,22-25H,1,6,12-17H2,2-5H3/b21-11+/t22?,23-,24-,25?,28-,29-/m0/s1. The molecule has 4 aliphatic rings. The molecule has 0 N–H and O–H groups in total. The van der Waals surface area contributed by atoms with Crippen molar-refractivity contribution in [3.05, 3.63) is 58.2 Å². The molecule has 4 fully saturated rings. The molecule has 2 unspecified atom stereocenters. The fraction of sp³-hybridized carbons (Fsp3) is 0.621. The molecule has 8 nitrogen and oxygen atoms in total. The van der Waals surface area contributed by atoms with Crippen molar-refractivity contribution in [3.63, 3.8) is 0 Å². The highest BCUT2D eigenvalue weighted by molar-refractivity contribution is 5.91. The van der Waals surface area contributed by atoms with Crippen LogP contribution in [0.5, 0.6) is 5.75 Å². The molecule has 2 aliphatic heterocycles. The van der Waals surface area contributed by atoms with Crippen molar-refractivity contribution in [3.8, 4) is 5.75 Å². The highest BCUT2D eigenvalue weighted by atomic mass is 16.7. The molecular formula is C29H37NO7. The first-order valence-corrected chi connectivity index (χ1v) is 13.2. The summed E-state index contributed by atoms with van der Waals surface area (Å²) < 4.78 is 23.9. The van der Waals surface area contributed by atoms with Gasteiger partial charge in [0.25, 0.3) is 5.69 Å². The van der Waals surface area contributed by atoms with E-state index in [1.807, 2.05) is 19.9 Å². The molecule has 200 valence electrons. The van der Waals surface area contributed by atoms with Crippen LogP contribution in [0.4, 0.5) is 5.69 Å². The van der Waals surface area contributed by atoms with E-state index in [4.69, 9.17) is 18.9 Å². The van der Waals surface area contributed by atoms with Crippen molar-refractivity contribution in [1.29, 1.82) is 0 Å². The van der Waals surface area contributed by atoms with Gasteiger partial charge in [-0.3, -0.25) is 10.1 Å². The van der Waals surface area contributed by atoms with Crippen molar-refractivity contribution >= 4 is 11.7 Å². The monoisotopic (exact) mass is 511 g/mol. The Morgan fingerprint density at radius 1 is 1.16 bits per heavy atom. The summed E-state index contributed by atoms with van der Waals surface area (Å²) in [6.07, 6.45) is 6.31. The minimum absolute atomic E-state index is 0.0128. The molecule has 0 spiro atoms. The van der Waals surface area contributed by atoms with Crippen LogP contribution in [0.2, 0.25) is 0 Å². The maximum absolute atomic E-state index is 12.6. The largest absolute Gasteiger partial charge is 0.482 e. The van der Waals surface area contributed by atoms with E-state index in [-0.39, 0.29) is 41.1 Å². The highest BCUT2D eigenvalue weighted by Gasteiger charge is 2.60. The molecule has 2 saturated carbocycles. The second kappa shape index (κ2) is 9.24. The molecule has 8 heteroatoms. The molecular weight excluding hydrogens is 474 g/mol. The van der Waals surface area contributed by atoms with Crippen molar-refractivity contribution in [2.45, 2.75) is 77.8 Å². The number of nitro benzene ring substituents is 1. The predicted octanol–water partition coefficient (Wildman–Crippen LogP) is 5.76. The van der Waals surface area contributed by atoms with Crippen LogP contribution in [0.25, 0.3) is 0 Å². The first-order valence-electron chi connectivity index (χ1n) is 13.2. The predicted molar refractivity (Wildman–Crippen MR) is 137 cm³/mol. The molecule has 0 bridgehead atoms. The number of rotatable bonds is 5. The maximum atomic E-state index is 12.6. The number of hydrogen-bond donors (Lipinski definition) is 0. The lowest BCUT2D eigenvalue weighted by atomic mass is 9.46. The van der Waals surface area contributed by atoms with Gasteiger partial charge in [0.15, 0.2) is 11.9 Å². The number of esters is 1. The zero-order valence-electron chi connectivity index (χ0n) is 22.2. The molecule has 1 aromatic rings. The first kappa shape index (κ1) is 25.9. The lowest BCUT2D eigenvalue weighted by Gasteiger charge is -2.63. The number of allylic oxidation sites excluding steroid dienone is 2. The van der Waals surface area contributed by atoms with Crippen LogP contribution in [0, 0.1) is 32.8 Å². The molecule has 0 aromatic heterocycles. The van der Waals surface area contributed by atoms with Crippen molar-refractivity contribution in [2.75, 3.05) is 13.2 Å². The van der Waals surface area contributed by atoms with E-state index in [2.05, 4.69) is 20.4 Å². The lowest BCUT2D eigenvalue weighted by Crippen LogP contribution is -2.62. The lowest BCUT2D eigenvalue weighted by molar-refractivity contribution is -0.384. The van der Waals surface area contributed by atoms with E-state index < -0.39 is 16.8 Å². The van der Waals surface area contributed by atoms with E-state index in [1.54, 1.807) is 12.1 Å². The Morgan fingerprint density at radius 3 is 2.59 bits per heavy atom. The summed E-state index contributed by atoms with van der Waals surface area (Å²) in [5, 5.41) is 10.9. The molecule has 2 aliphatic carbocycles. The SMILES string of the molecule is C=C1CC[C@H]2[C@@](C)(CCC3OC(C)(C)OC[C@]32C)C1C/C=C1/C(=O)OC[C@@H]1Oc1ccc([N+](=O)[O-])cc1. The highest BCUT2D eigenvalue weighted by Crippen LogP contribution is 2.63. The van der Waals surface area contributed by atoms with Gasteiger partial charge in [-0.25, -0.2) is 4.79 Å². The third-order valence-corrected chi connectivity index (χ3v) is 9.32. The van der Waals surface area contributed by atoms with Crippen molar-refractivity contribution in [2.24, 2.45) is 22.7 Å². The van der Waals surface area contributed by atoms with Gasteiger partial charge in [0.05, 0.1) is 23.2 Å². The summed E-state index contributed by atoms with van der Waals surface area (Å²) >= 11 is 0. The third-order valence-electron chi connectivity index (χ3n) is 9.32. The van der Waals surface area contributed by atoms with E-state index in [9.17, 15) is 14.9 Å². The number of benzene rings is 1. The minimum Gasteiger partial charge on any atom is -0.482 e. The average molecular weight is 512 g/mol. The second-order valence-corrected chi connectivity index (χ2v) is 12.0. The summed E-state index contributed by atoms with van der Waals surface area (Å²) in [6, 6.07) is 5.87. The molecule has 2 saturated heterocycles. The van der Waals surface area contributed by atoms with Gasteiger partial charge < -0.3 is 18.9 Å². The first-order chi connectivity index (χ1) is 17.4. The van der Waals surface area contributed by atoms with Crippen LogP contribution in [0.15, 0.2) is 48.1 Å². The molecule has 6 atom stereocenters. The van der Waals surface area contributed by atoms with Gasteiger partial charge in [-0.05, 0) is 75.3 Å². The quantitative estimate of drug-likeness (QED) is 0.163. The number of fused-ring (bicyclic) bond motifs is 3. The smallest absolute Gasteiger partial charge is 0.337 e. The number of hydrogen-bond acceptors (Lipinski definition) is 7. The van der Waals surface area contributed by atoms with Crippen LogP contribution < -0.4 is 4.74 Å². The van der Waals surface area contributed by atoms with Gasteiger partial charge in [0, 0.05) is 17.5 Å². The van der Waals surface area contributed by atoms with Gasteiger partial charge >= 0.3 is 5.97 Å². The number of carbonyl (C=O) groups is 1. The minimum atomic E-state index is -0.554. The summed E-state index contributed by atoms with van der Waals surface area (Å²) in [4.78, 5) is 23.1. The van der Waals surface area contributed by atoms with Crippen molar-refractivity contribution < 1.29 is 28.7 Å². The fourth-order valence-electron chi connectivity index (χ4n) is 7.32.